The van der Waals surface area contributed by atoms with Gasteiger partial charge >= 0.3 is 0 Å². The topological polar surface area (TPSA) is 71.1 Å². The number of thiophene rings is 1. The predicted octanol–water partition coefficient (Wildman–Crippen LogP) is 4.39. The van der Waals surface area contributed by atoms with Crippen LogP contribution in [0.4, 0.5) is 11.5 Å². The summed E-state index contributed by atoms with van der Waals surface area (Å²) in [7, 11) is -3.55. The van der Waals surface area contributed by atoms with Crippen molar-refractivity contribution in [1.29, 1.82) is 0 Å². The van der Waals surface area contributed by atoms with Gasteiger partial charge in [0.05, 0.1) is 11.9 Å². The molecule has 0 bridgehead atoms. The summed E-state index contributed by atoms with van der Waals surface area (Å²) in [4.78, 5) is 5.20. The normalized spacial score (nSPS) is 16.5. The Morgan fingerprint density at radius 1 is 1.08 bits per heavy atom. The number of aryl methyl sites for hydroxylation is 1. The lowest BCUT2D eigenvalue weighted by atomic mass is 10.1. The third-order valence-electron chi connectivity index (χ3n) is 4.21. The largest absolute Gasteiger partial charge is 0.381 e. The molecule has 1 fully saturated rings. The summed E-state index contributed by atoms with van der Waals surface area (Å²) in [6, 6.07) is 7.49. The summed E-state index contributed by atoms with van der Waals surface area (Å²) < 4.78 is 27.4. The minimum absolute atomic E-state index is 0.308. The monoisotopic (exact) mass is 365 g/mol. The van der Waals surface area contributed by atoms with Gasteiger partial charge < -0.3 is 5.32 Å². The number of nitrogens with one attached hydrogen (secondary N) is 2. The molecule has 3 rings (SSSR count). The average molecular weight is 366 g/mol. The lowest BCUT2D eigenvalue weighted by Gasteiger charge is -2.17. The summed E-state index contributed by atoms with van der Waals surface area (Å²) in [5.74, 6) is 0.340. The Balaban J connectivity index is 1.64. The summed E-state index contributed by atoms with van der Waals surface area (Å²) in [5.41, 5.74) is 0.941. The average Bonchev–Trinajstić information content (AvgIpc) is 2.84. The first-order chi connectivity index (χ1) is 11.5. The third-order valence-corrected chi connectivity index (χ3v) is 7.06. The second-order valence-corrected chi connectivity index (χ2v) is 9.43. The van der Waals surface area contributed by atoms with Crippen LogP contribution >= 0.6 is 11.3 Å². The molecule has 0 spiro atoms. The van der Waals surface area contributed by atoms with Crippen molar-refractivity contribution in [2.24, 2.45) is 0 Å². The van der Waals surface area contributed by atoms with E-state index in [-0.39, 0.29) is 0 Å². The third kappa shape index (κ3) is 4.48. The fourth-order valence-electron chi connectivity index (χ4n) is 2.94. The Kier molecular flexibility index (Phi) is 5.40. The van der Waals surface area contributed by atoms with Gasteiger partial charge in [-0.2, -0.15) is 0 Å². The molecule has 2 N–H and O–H groups in total. The molecule has 1 saturated carbocycles. The maximum Gasteiger partial charge on any atom is 0.272 e. The highest BCUT2D eigenvalue weighted by atomic mass is 32.2. The van der Waals surface area contributed by atoms with Crippen molar-refractivity contribution in [1.82, 2.24) is 4.98 Å². The molecule has 5 nitrogen and oxygen atoms in total. The molecule has 24 heavy (non-hydrogen) atoms. The summed E-state index contributed by atoms with van der Waals surface area (Å²) >= 11 is 1.25. The van der Waals surface area contributed by atoms with Crippen LogP contribution in [0.25, 0.3) is 0 Å². The van der Waals surface area contributed by atoms with E-state index in [1.165, 1.54) is 49.9 Å². The van der Waals surface area contributed by atoms with Crippen LogP contribution in [0.2, 0.25) is 0 Å². The predicted molar refractivity (Wildman–Crippen MR) is 99.2 cm³/mol. The molecular formula is C17H23N3O2S2. The quantitative estimate of drug-likeness (QED) is 0.771. The molecule has 0 radical (unpaired) electrons. The number of anilines is 2. The molecule has 2 heterocycles. The van der Waals surface area contributed by atoms with Gasteiger partial charge in [-0.3, -0.25) is 4.72 Å². The van der Waals surface area contributed by atoms with Crippen LogP contribution in [0.3, 0.4) is 0 Å². The fourth-order valence-corrected chi connectivity index (χ4v) is 5.24. The van der Waals surface area contributed by atoms with Crippen molar-refractivity contribution in [3.8, 4) is 0 Å². The van der Waals surface area contributed by atoms with Crippen molar-refractivity contribution in [2.75, 3.05) is 10.0 Å². The molecular weight excluding hydrogens is 342 g/mol. The van der Waals surface area contributed by atoms with E-state index < -0.39 is 10.0 Å². The second kappa shape index (κ2) is 7.53. The van der Waals surface area contributed by atoms with Gasteiger partial charge in [0.2, 0.25) is 0 Å². The summed E-state index contributed by atoms with van der Waals surface area (Å²) in [6.07, 6.45) is 9.24. The van der Waals surface area contributed by atoms with Gasteiger partial charge in [-0.05, 0) is 44.0 Å². The van der Waals surface area contributed by atoms with Crippen LogP contribution in [-0.4, -0.2) is 19.4 Å². The molecule has 2 aromatic rings. The van der Waals surface area contributed by atoms with Crippen molar-refractivity contribution in [2.45, 2.75) is 55.7 Å². The molecule has 0 unspecified atom stereocenters. The minimum Gasteiger partial charge on any atom is -0.381 e. The van der Waals surface area contributed by atoms with E-state index in [4.69, 9.17) is 0 Å². The highest BCUT2D eigenvalue weighted by molar-refractivity contribution is 7.94. The van der Waals surface area contributed by atoms with Gasteiger partial charge in [-0.1, -0.05) is 25.7 Å². The van der Waals surface area contributed by atoms with Crippen LogP contribution < -0.4 is 10.0 Å². The van der Waals surface area contributed by atoms with Crippen molar-refractivity contribution in [3.05, 3.63) is 35.3 Å². The number of hydrogen-bond donors (Lipinski definition) is 2. The van der Waals surface area contributed by atoms with Crippen LogP contribution in [0.15, 0.2) is 34.7 Å². The Morgan fingerprint density at radius 3 is 2.42 bits per heavy atom. The maximum atomic E-state index is 12.3. The first-order valence-electron chi connectivity index (χ1n) is 8.35. The Morgan fingerprint density at radius 2 is 1.83 bits per heavy atom. The number of nitrogens with zero attached hydrogens (tertiary/aromatic N) is 1. The lowest BCUT2D eigenvalue weighted by molar-refractivity contribution is 0.603. The summed E-state index contributed by atoms with van der Waals surface area (Å²) in [5, 5.41) is 3.51. The fraction of sp³-hybridized carbons (Fsp3) is 0.471. The molecule has 1 aliphatic rings. The van der Waals surface area contributed by atoms with E-state index in [0.29, 0.717) is 16.1 Å². The second-order valence-electron chi connectivity index (χ2n) is 6.24. The molecule has 0 amide bonds. The number of sulfonamides is 1. The molecule has 7 heteroatoms. The zero-order valence-electron chi connectivity index (χ0n) is 13.8. The zero-order chi connectivity index (χ0) is 17.0. The standard InChI is InChI=1S/C17H23N3O2S2/c1-13-8-11-17(23-13)24(21,22)20-16-10-9-15(12-18-16)19-14-6-4-2-3-5-7-14/h8-12,14,19H,2-7H2,1H3,(H,18,20). The van der Waals surface area contributed by atoms with Gasteiger partial charge in [0.1, 0.15) is 10.0 Å². The van der Waals surface area contributed by atoms with Crippen LogP contribution in [-0.2, 0) is 10.0 Å². The molecule has 2 aromatic heterocycles. The number of rotatable bonds is 5. The van der Waals surface area contributed by atoms with E-state index in [1.807, 2.05) is 13.0 Å². The molecule has 0 atom stereocenters. The maximum absolute atomic E-state index is 12.3. The van der Waals surface area contributed by atoms with Gasteiger partial charge in [0.15, 0.2) is 0 Å². The number of pyridine rings is 1. The van der Waals surface area contributed by atoms with E-state index >= 15 is 0 Å². The molecule has 1 aliphatic carbocycles. The van der Waals surface area contributed by atoms with Gasteiger partial charge in [0, 0.05) is 10.9 Å². The highest BCUT2D eigenvalue weighted by Gasteiger charge is 2.17. The van der Waals surface area contributed by atoms with Gasteiger partial charge in [-0.15, -0.1) is 11.3 Å². The smallest absolute Gasteiger partial charge is 0.272 e. The van der Waals surface area contributed by atoms with E-state index in [9.17, 15) is 8.42 Å². The van der Waals surface area contributed by atoms with E-state index in [2.05, 4.69) is 15.0 Å². The van der Waals surface area contributed by atoms with Gasteiger partial charge in [0.25, 0.3) is 10.0 Å². The molecule has 0 aromatic carbocycles. The lowest BCUT2D eigenvalue weighted by Crippen LogP contribution is -2.18. The first kappa shape index (κ1) is 17.2. The van der Waals surface area contributed by atoms with E-state index in [0.717, 1.165) is 10.6 Å². The summed E-state index contributed by atoms with van der Waals surface area (Å²) in [6.45, 7) is 1.88. The van der Waals surface area contributed by atoms with Crippen molar-refractivity contribution in [3.63, 3.8) is 0 Å². The van der Waals surface area contributed by atoms with Crippen LogP contribution in [0.1, 0.15) is 43.4 Å². The molecule has 0 aliphatic heterocycles. The Bertz CT molecular complexity index is 761. The SMILES string of the molecule is Cc1ccc(S(=O)(=O)Nc2ccc(NC3CCCCCC3)cn2)s1. The van der Waals surface area contributed by atoms with Crippen molar-refractivity contribution < 1.29 is 8.42 Å². The van der Waals surface area contributed by atoms with Gasteiger partial charge in [-0.25, -0.2) is 13.4 Å². The van der Waals surface area contributed by atoms with E-state index in [1.54, 1.807) is 24.4 Å². The zero-order valence-corrected chi connectivity index (χ0v) is 15.4. The number of hydrogen-bond acceptors (Lipinski definition) is 5. The molecule has 130 valence electrons. The van der Waals surface area contributed by atoms with Crippen LogP contribution in [0, 0.1) is 6.92 Å². The van der Waals surface area contributed by atoms with Crippen molar-refractivity contribution >= 4 is 32.9 Å². The Hall–Kier alpha value is -1.60. The Labute approximate surface area is 147 Å². The van der Waals surface area contributed by atoms with Crippen LogP contribution in [0.5, 0.6) is 0 Å². The number of aromatic nitrogens is 1. The first-order valence-corrected chi connectivity index (χ1v) is 10.6. The molecule has 0 saturated heterocycles. The minimum atomic E-state index is -3.55. The highest BCUT2D eigenvalue weighted by Crippen LogP contribution is 2.24.